The highest BCUT2D eigenvalue weighted by molar-refractivity contribution is 7.10. The van der Waals surface area contributed by atoms with Gasteiger partial charge in [0.25, 0.3) is 0 Å². The van der Waals surface area contributed by atoms with E-state index >= 15 is 0 Å². The molecule has 1 fully saturated rings. The Morgan fingerprint density at radius 1 is 1.41 bits per heavy atom. The van der Waals surface area contributed by atoms with Crippen LogP contribution >= 0.6 is 11.3 Å². The lowest BCUT2D eigenvalue weighted by Crippen LogP contribution is -2.54. The van der Waals surface area contributed by atoms with Gasteiger partial charge in [0.05, 0.1) is 0 Å². The van der Waals surface area contributed by atoms with Crippen molar-refractivity contribution in [3.63, 3.8) is 0 Å². The van der Waals surface area contributed by atoms with Crippen LogP contribution in [0.2, 0.25) is 0 Å². The van der Waals surface area contributed by atoms with Crippen LogP contribution in [0.25, 0.3) is 0 Å². The van der Waals surface area contributed by atoms with E-state index in [1.165, 1.54) is 17.0 Å². The third kappa shape index (κ3) is 2.71. The molecule has 0 aromatic carbocycles. The number of hydrogen-bond donors (Lipinski definition) is 1. The fourth-order valence-electron chi connectivity index (χ4n) is 2.68. The van der Waals surface area contributed by atoms with Gasteiger partial charge in [-0.2, -0.15) is 0 Å². The average molecular weight is 253 g/mol. The first-order chi connectivity index (χ1) is 8.13. The van der Waals surface area contributed by atoms with Gasteiger partial charge in [0, 0.05) is 36.6 Å². The summed E-state index contributed by atoms with van der Waals surface area (Å²) in [5.74, 6) is 0. The van der Waals surface area contributed by atoms with Gasteiger partial charge in [-0.15, -0.1) is 11.3 Å². The van der Waals surface area contributed by atoms with Crippen molar-refractivity contribution >= 4 is 11.3 Å². The molecule has 4 heteroatoms. The maximum absolute atomic E-state index is 3.50. The van der Waals surface area contributed by atoms with Crippen molar-refractivity contribution in [3.05, 3.63) is 21.9 Å². The molecule has 17 heavy (non-hydrogen) atoms. The molecule has 0 saturated carbocycles. The molecule has 3 nitrogen and oxygen atoms in total. The highest BCUT2D eigenvalue weighted by atomic mass is 32.1. The van der Waals surface area contributed by atoms with Crippen LogP contribution in [0.3, 0.4) is 0 Å². The first-order valence-electron chi connectivity index (χ1n) is 6.23. The number of rotatable bonds is 3. The fourth-order valence-corrected chi connectivity index (χ4v) is 3.43. The Morgan fingerprint density at radius 2 is 2.18 bits per heavy atom. The summed E-state index contributed by atoms with van der Waals surface area (Å²) in [7, 11) is 6.53. The van der Waals surface area contributed by atoms with Gasteiger partial charge in [-0.05, 0) is 45.1 Å². The second-order valence-corrected chi connectivity index (χ2v) is 6.13. The summed E-state index contributed by atoms with van der Waals surface area (Å²) >= 11 is 1.84. The summed E-state index contributed by atoms with van der Waals surface area (Å²) in [5, 5.41) is 5.70. The van der Waals surface area contributed by atoms with Gasteiger partial charge in [-0.3, -0.25) is 4.90 Å². The van der Waals surface area contributed by atoms with E-state index in [1.807, 2.05) is 11.3 Å². The van der Waals surface area contributed by atoms with E-state index in [4.69, 9.17) is 0 Å². The molecule has 2 unspecified atom stereocenters. The van der Waals surface area contributed by atoms with Crippen LogP contribution < -0.4 is 5.32 Å². The van der Waals surface area contributed by atoms with E-state index in [1.54, 1.807) is 0 Å². The Labute approximate surface area is 108 Å². The van der Waals surface area contributed by atoms with Crippen molar-refractivity contribution in [3.8, 4) is 0 Å². The molecule has 0 aliphatic carbocycles. The summed E-state index contributed by atoms with van der Waals surface area (Å²) in [5.41, 5.74) is 1.46. The minimum atomic E-state index is 0.439. The molecular weight excluding hydrogens is 230 g/mol. The van der Waals surface area contributed by atoms with Gasteiger partial charge in [0.15, 0.2) is 0 Å². The minimum absolute atomic E-state index is 0.439. The molecule has 0 amide bonds. The molecule has 2 atom stereocenters. The van der Waals surface area contributed by atoms with E-state index in [2.05, 4.69) is 54.6 Å². The van der Waals surface area contributed by atoms with E-state index in [9.17, 15) is 0 Å². The van der Waals surface area contributed by atoms with E-state index in [0.717, 1.165) is 13.1 Å². The molecule has 0 radical (unpaired) electrons. The zero-order valence-electron chi connectivity index (χ0n) is 11.2. The van der Waals surface area contributed by atoms with Gasteiger partial charge in [-0.25, -0.2) is 0 Å². The smallest absolute Gasteiger partial charge is 0.0499 e. The third-order valence-electron chi connectivity index (χ3n) is 3.83. The van der Waals surface area contributed by atoms with Crippen LogP contribution in [0.5, 0.6) is 0 Å². The SMILES string of the molecule is CNC(c1ccsc1C)C1CN(C)CCN1C. The minimum Gasteiger partial charge on any atom is -0.312 e. The van der Waals surface area contributed by atoms with Crippen LogP contribution in [0, 0.1) is 6.92 Å². The number of likely N-dealkylation sites (N-methyl/N-ethyl adjacent to an activating group) is 3. The van der Waals surface area contributed by atoms with Crippen molar-refractivity contribution in [1.82, 2.24) is 15.1 Å². The second kappa shape index (κ2) is 5.48. The molecule has 1 aromatic rings. The second-order valence-electron chi connectivity index (χ2n) is 5.01. The molecule has 1 aliphatic rings. The zero-order chi connectivity index (χ0) is 12.4. The van der Waals surface area contributed by atoms with Crippen LogP contribution in [0.1, 0.15) is 16.5 Å². The monoisotopic (exact) mass is 253 g/mol. The number of nitrogens with zero attached hydrogens (tertiary/aromatic N) is 2. The third-order valence-corrected chi connectivity index (χ3v) is 4.69. The Kier molecular flexibility index (Phi) is 4.20. The Hall–Kier alpha value is -0.420. The summed E-state index contributed by atoms with van der Waals surface area (Å²) in [6.45, 7) is 5.68. The lowest BCUT2D eigenvalue weighted by molar-refractivity contribution is 0.0897. The summed E-state index contributed by atoms with van der Waals surface area (Å²) in [6, 6.07) is 3.27. The van der Waals surface area contributed by atoms with Crippen LogP contribution in [-0.2, 0) is 0 Å². The molecule has 0 spiro atoms. The normalized spacial score (nSPS) is 25.1. The van der Waals surface area contributed by atoms with E-state index < -0.39 is 0 Å². The van der Waals surface area contributed by atoms with Gasteiger partial charge in [0.2, 0.25) is 0 Å². The van der Waals surface area contributed by atoms with Crippen LogP contribution in [0.4, 0.5) is 0 Å². The van der Waals surface area contributed by atoms with Crippen molar-refractivity contribution in [2.24, 2.45) is 0 Å². The largest absolute Gasteiger partial charge is 0.312 e. The standard InChI is InChI=1S/C13H23N3S/c1-10-11(5-8-17-10)13(14-2)12-9-15(3)6-7-16(12)4/h5,8,12-14H,6-7,9H2,1-4H3. The first-order valence-corrected chi connectivity index (χ1v) is 7.11. The Bertz CT molecular complexity index is 363. The van der Waals surface area contributed by atoms with Crippen molar-refractivity contribution in [2.75, 3.05) is 40.8 Å². The molecule has 1 saturated heterocycles. The predicted molar refractivity (Wildman–Crippen MR) is 74.8 cm³/mol. The van der Waals surface area contributed by atoms with Crippen molar-refractivity contribution in [2.45, 2.75) is 19.0 Å². The van der Waals surface area contributed by atoms with Crippen molar-refractivity contribution < 1.29 is 0 Å². The lowest BCUT2D eigenvalue weighted by Gasteiger charge is -2.42. The molecule has 0 bridgehead atoms. The zero-order valence-corrected chi connectivity index (χ0v) is 12.0. The molecule has 2 rings (SSSR count). The number of aryl methyl sites for hydroxylation is 1. The highest BCUT2D eigenvalue weighted by Gasteiger charge is 2.30. The van der Waals surface area contributed by atoms with Gasteiger partial charge >= 0.3 is 0 Å². The summed E-state index contributed by atoms with van der Waals surface area (Å²) in [4.78, 5) is 6.35. The maximum Gasteiger partial charge on any atom is 0.0499 e. The summed E-state index contributed by atoms with van der Waals surface area (Å²) in [6.07, 6.45) is 0. The van der Waals surface area contributed by atoms with Crippen LogP contribution in [0.15, 0.2) is 11.4 Å². The van der Waals surface area contributed by atoms with Gasteiger partial charge in [0.1, 0.15) is 0 Å². The maximum atomic E-state index is 3.50. The first kappa shape index (κ1) is 13.0. The highest BCUT2D eigenvalue weighted by Crippen LogP contribution is 2.28. The Morgan fingerprint density at radius 3 is 2.76 bits per heavy atom. The van der Waals surface area contributed by atoms with Crippen LogP contribution in [-0.4, -0.2) is 56.6 Å². The summed E-state index contributed by atoms with van der Waals surface area (Å²) < 4.78 is 0. The predicted octanol–water partition coefficient (Wildman–Crippen LogP) is 1.56. The van der Waals surface area contributed by atoms with Crippen molar-refractivity contribution in [1.29, 1.82) is 0 Å². The average Bonchev–Trinajstić information content (AvgIpc) is 2.71. The molecule has 1 N–H and O–H groups in total. The molecule has 1 aromatic heterocycles. The Balaban J connectivity index is 2.20. The molecule has 1 aliphatic heterocycles. The fraction of sp³-hybridized carbons (Fsp3) is 0.692. The number of nitrogens with one attached hydrogen (secondary N) is 1. The quantitative estimate of drug-likeness (QED) is 0.882. The number of hydrogen-bond acceptors (Lipinski definition) is 4. The van der Waals surface area contributed by atoms with E-state index in [0.29, 0.717) is 12.1 Å². The van der Waals surface area contributed by atoms with E-state index in [-0.39, 0.29) is 0 Å². The van der Waals surface area contributed by atoms with Gasteiger partial charge < -0.3 is 10.2 Å². The molecule has 2 heterocycles. The number of thiophene rings is 1. The van der Waals surface area contributed by atoms with Gasteiger partial charge in [-0.1, -0.05) is 0 Å². The molecular formula is C13H23N3S. The molecule has 96 valence electrons. The number of piperazine rings is 1. The lowest BCUT2D eigenvalue weighted by atomic mass is 9.97. The topological polar surface area (TPSA) is 18.5 Å².